The Balaban J connectivity index is 1.33. The van der Waals surface area contributed by atoms with Crippen LogP contribution < -0.4 is 14.8 Å². The fourth-order valence-electron chi connectivity index (χ4n) is 3.03. The van der Waals surface area contributed by atoms with Crippen LogP contribution in [0.2, 0.25) is 0 Å². The van der Waals surface area contributed by atoms with Gasteiger partial charge in [-0.1, -0.05) is 42.5 Å². The van der Waals surface area contributed by atoms with Crippen LogP contribution >= 0.6 is 0 Å². The second kappa shape index (κ2) is 9.25. The summed E-state index contributed by atoms with van der Waals surface area (Å²) in [5.41, 5.74) is 1.30. The summed E-state index contributed by atoms with van der Waals surface area (Å²) >= 11 is 0. The summed E-state index contributed by atoms with van der Waals surface area (Å²) in [6.45, 7) is 2.19. The zero-order chi connectivity index (χ0) is 18.2. The third-order valence-corrected chi connectivity index (χ3v) is 4.30. The zero-order valence-electron chi connectivity index (χ0n) is 15.2. The molecule has 1 atom stereocenters. The summed E-state index contributed by atoms with van der Waals surface area (Å²) < 4.78 is 11.6. The molecule has 2 aromatic rings. The summed E-state index contributed by atoms with van der Waals surface area (Å²) in [5.74, 6) is 1.59. The lowest BCUT2D eigenvalue weighted by Crippen LogP contribution is -2.43. The van der Waals surface area contributed by atoms with Crippen LogP contribution in [0.3, 0.4) is 0 Å². The van der Waals surface area contributed by atoms with E-state index in [1.807, 2.05) is 54.4 Å². The first kappa shape index (κ1) is 18.3. The topological polar surface area (TPSA) is 50.8 Å². The highest BCUT2D eigenvalue weighted by atomic mass is 16.6. The van der Waals surface area contributed by atoms with Gasteiger partial charge in [-0.15, -0.1) is 0 Å². The van der Waals surface area contributed by atoms with Gasteiger partial charge in [0.15, 0.2) is 11.5 Å². The maximum Gasteiger partial charge on any atom is 0.234 e. The van der Waals surface area contributed by atoms with Crippen molar-refractivity contribution in [3.8, 4) is 11.5 Å². The number of aryl methyl sites for hydroxylation is 1. The predicted molar refractivity (Wildman–Crippen MR) is 102 cm³/mol. The van der Waals surface area contributed by atoms with Crippen molar-refractivity contribution in [1.82, 2.24) is 10.2 Å². The molecule has 0 spiro atoms. The number of benzene rings is 2. The number of fused-ring (bicyclic) bond motifs is 1. The molecule has 3 rings (SSSR count). The van der Waals surface area contributed by atoms with Crippen molar-refractivity contribution in [1.29, 1.82) is 0 Å². The van der Waals surface area contributed by atoms with Crippen LogP contribution in [0, 0.1) is 0 Å². The molecule has 138 valence electrons. The van der Waals surface area contributed by atoms with Crippen molar-refractivity contribution >= 4 is 5.91 Å². The Morgan fingerprint density at radius 2 is 1.85 bits per heavy atom. The number of carbonyl (C=O) groups is 1. The molecular weight excluding hydrogens is 328 g/mol. The second-order valence-corrected chi connectivity index (χ2v) is 6.63. The van der Waals surface area contributed by atoms with Crippen molar-refractivity contribution in [2.24, 2.45) is 0 Å². The minimum atomic E-state index is -0.0687. The van der Waals surface area contributed by atoms with Gasteiger partial charge in [0, 0.05) is 13.1 Å². The van der Waals surface area contributed by atoms with Crippen molar-refractivity contribution in [3.05, 3.63) is 60.2 Å². The average Bonchev–Trinajstić information content (AvgIpc) is 2.66. The Kier molecular flexibility index (Phi) is 6.50. The van der Waals surface area contributed by atoms with Crippen LogP contribution in [0.4, 0.5) is 0 Å². The predicted octanol–water partition coefficient (Wildman–Crippen LogP) is 2.51. The fourth-order valence-corrected chi connectivity index (χ4v) is 3.03. The molecule has 1 unspecified atom stereocenters. The van der Waals surface area contributed by atoms with Crippen LogP contribution in [0.1, 0.15) is 12.0 Å². The molecule has 1 amide bonds. The molecule has 1 N–H and O–H groups in total. The first-order valence-corrected chi connectivity index (χ1v) is 9.08. The standard InChI is InChI=1S/C21H26N2O3/c1-23(14-18-16-25-19-11-5-6-12-20(19)26-18)15-21(24)22-13-7-10-17-8-3-2-4-9-17/h2-6,8-9,11-12,18H,7,10,13-16H2,1H3,(H,22,24). The molecule has 1 aliphatic heterocycles. The molecular formula is C21H26N2O3. The van der Waals surface area contributed by atoms with Crippen LogP contribution in [0.5, 0.6) is 11.5 Å². The quantitative estimate of drug-likeness (QED) is 0.740. The monoisotopic (exact) mass is 354 g/mol. The number of ether oxygens (including phenoxy) is 2. The van der Waals surface area contributed by atoms with Crippen LogP contribution in [-0.4, -0.2) is 50.2 Å². The molecule has 0 bridgehead atoms. The van der Waals surface area contributed by atoms with Gasteiger partial charge < -0.3 is 14.8 Å². The van der Waals surface area contributed by atoms with E-state index >= 15 is 0 Å². The number of nitrogens with zero attached hydrogens (tertiary/aromatic N) is 1. The maximum atomic E-state index is 12.1. The van der Waals surface area contributed by atoms with E-state index in [9.17, 15) is 4.79 Å². The molecule has 5 heteroatoms. The highest BCUT2D eigenvalue weighted by molar-refractivity contribution is 5.77. The van der Waals surface area contributed by atoms with E-state index in [0.29, 0.717) is 26.2 Å². The molecule has 0 saturated carbocycles. The summed E-state index contributed by atoms with van der Waals surface area (Å²) in [6.07, 6.45) is 1.85. The van der Waals surface area contributed by atoms with Gasteiger partial charge in [-0.05, 0) is 37.6 Å². The molecule has 0 fully saturated rings. The van der Waals surface area contributed by atoms with Gasteiger partial charge in [-0.2, -0.15) is 0 Å². The second-order valence-electron chi connectivity index (χ2n) is 6.63. The van der Waals surface area contributed by atoms with E-state index in [-0.39, 0.29) is 12.0 Å². The van der Waals surface area contributed by atoms with E-state index in [2.05, 4.69) is 17.4 Å². The summed E-state index contributed by atoms with van der Waals surface area (Å²) in [7, 11) is 1.92. The molecule has 26 heavy (non-hydrogen) atoms. The van der Waals surface area contributed by atoms with Crippen molar-refractivity contribution < 1.29 is 14.3 Å². The lowest BCUT2D eigenvalue weighted by atomic mass is 10.1. The molecule has 0 aliphatic carbocycles. The number of likely N-dealkylation sites (N-methyl/N-ethyl adjacent to an activating group) is 1. The Bertz CT molecular complexity index is 705. The van der Waals surface area contributed by atoms with E-state index < -0.39 is 0 Å². The minimum Gasteiger partial charge on any atom is -0.486 e. The largest absolute Gasteiger partial charge is 0.486 e. The average molecular weight is 354 g/mol. The van der Waals surface area contributed by atoms with E-state index in [1.54, 1.807) is 0 Å². The number of carbonyl (C=O) groups excluding carboxylic acids is 1. The first-order valence-electron chi connectivity index (χ1n) is 9.08. The minimum absolute atomic E-state index is 0.0395. The summed E-state index contributed by atoms with van der Waals surface area (Å²) in [6, 6.07) is 18.0. The SMILES string of the molecule is CN(CC(=O)NCCCc1ccccc1)CC1COc2ccccc2O1. The first-order chi connectivity index (χ1) is 12.7. The van der Waals surface area contributed by atoms with Crippen LogP contribution in [-0.2, 0) is 11.2 Å². The Morgan fingerprint density at radius 3 is 2.65 bits per heavy atom. The van der Waals surface area contributed by atoms with Gasteiger partial charge in [-0.3, -0.25) is 9.69 Å². The van der Waals surface area contributed by atoms with Gasteiger partial charge in [0.2, 0.25) is 5.91 Å². The molecule has 1 aliphatic rings. The van der Waals surface area contributed by atoms with Crippen LogP contribution in [0.15, 0.2) is 54.6 Å². The van der Waals surface area contributed by atoms with Gasteiger partial charge >= 0.3 is 0 Å². The fraction of sp³-hybridized carbons (Fsp3) is 0.381. The number of hydrogen-bond acceptors (Lipinski definition) is 4. The smallest absolute Gasteiger partial charge is 0.234 e. The van der Waals surface area contributed by atoms with Crippen LogP contribution in [0.25, 0.3) is 0 Å². The van der Waals surface area contributed by atoms with Gasteiger partial charge in [0.25, 0.3) is 0 Å². The molecule has 0 radical (unpaired) electrons. The molecule has 2 aromatic carbocycles. The van der Waals surface area contributed by atoms with Crippen molar-refractivity contribution in [2.45, 2.75) is 18.9 Å². The normalized spacial score (nSPS) is 15.7. The van der Waals surface area contributed by atoms with E-state index in [1.165, 1.54) is 5.56 Å². The highest BCUT2D eigenvalue weighted by Gasteiger charge is 2.22. The summed E-state index contributed by atoms with van der Waals surface area (Å²) in [5, 5.41) is 2.98. The highest BCUT2D eigenvalue weighted by Crippen LogP contribution is 2.30. The van der Waals surface area contributed by atoms with Gasteiger partial charge in [0.05, 0.1) is 6.54 Å². The molecule has 1 heterocycles. The van der Waals surface area contributed by atoms with E-state index in [4.69, 9.17) is 9.47 Å². The number of nitrogens with one attached hydrogen (secondary N) is 1. The lowest BCUT2D eigenvalue weighted by molar-refractivity contribution is -0.122. The van der Waals surface area contributed by atoms with Gasteiger partial charge in [0.1, 0.15) is 12.7 Å². The third kappa shape index (κ3) is 5.49. The van der Waals surface area contributed by atoms with Gasteiger partial charge in [-0.25, -0.2) is 0 Å². The van der Waals surface area contributed by atoms with Crippen molar-refractivity contribution in [2.75, 3.05) is 33.3 Å². The number of para-hydroxylation sites is 2. The third-order valence-electron chi connectivity index (χ3n) is 4.30. The Labute approximate surface area is 154 Å². The lowest BCUT2D eigenvalue weighted by Gasteiger charge is -2.29. The Morgan fingerprint density at radius 1 is 1.12 bits per heavy atom. The molecule has 5 nitrogen and oxygen atoms in total. The maximum absolute atomic E-state index is 12.1. The number of hydrogen-bond donors (Lipinski definition) is 1. The summed E-state index contributed by atoms with van der Waals surface area (Å²) in [4.78, 5) is 14.0. The molecule has 0 saturated heterocycles. The molecule has 0 aromatic heterocycles. The zero-order valence-corrected chi connectivity index (χ0v) is 15.2. The van der Waals surface area contributed by atoms with E-state index in [0.717, 1.165) is 24.3 Å². The van der Waals surface area contributed by atoms with Crippen molar-refractivity contribution in [3.63, 3.8) is 0 Å². The Hall–Kier alpha value is -2.53. The number of rotatable bonds is 8. The number of amides is 1.